The van der Waals surface area contributed by atoms with Crippen LogP contribution in [0.25, 0.3) is 0 Å². The average molecular weight is 174 g/mol. The summed E-state index contributed by atoms with van der Waals surface area (Å²) in [5.41, 5.74) is 0. The van der Waals surface area contributed by atoms with E-state index in [1.165, 1.54) is 0 Å². The van der Waals surface area contributed by atoms with Gasteiger partial charge in [-0.2, -0.15) is 8.78 Å². The van der Waals surface area contributed by atoms with Gasteiger partial charge in [-0.15, -0.1) is 12.3 Å². The fourth-order valence-electron chi connectivity index (χ4n) is 1.57. The lowest BCUT2D eigenvalue weighted by atomic mass is 9.88. The van der Waals surface area contributed by atoms with E-state index in [2.05, 4.69) is 10.7 Å². The molecule has 0 aromatic heterocycles. The first kappa shape index (κ1) is 9.47. The highest BCUT2D eigenvalue weighted by atomic mass is 19.3. The van der Waals surface area contributed by atoms with Gasteiger partial charge in [-0.25, -0.2) is 0 Å². The van der Waals surface area contributed by atoms with Crippen molar-refractivity contribution in [2.45, 2.75) is 38.4 Å². The molecule has 1 nitrogen and oxygen atoms in total. The zero-order valence-corrected chi connectivity index (χ0v) is 6.80. The Morgan fingerprint density at radius 3 is 2.75 bits per heavy atom. The van der Waals surface area contributed by atoms with Crippen LogP contribution in [0.15, 0.2) is 0 Å². The third-order valence-electron chi connectivity index (χ3n) is 2.16. The summed E-state index contributed by atoms with van der Waals surface area (Å²) in [6.07, 6.45) is 8.00. The molecule has 1 saturated carbocycles. The molecule has 1 rings (SSSR count). The maximum absolute atomic E-state index is 11.8. The van der Waals surface area contributed by atoms with Gasteiger partial charge in [0, 0.05) is 5.92 Å². The third-order valence-corrected chi connectivity index (χ3v) is 2.16. The predicted octanol–water partition coefficient (Wildman–Crippen LogP) is 2.42. The van der Waals surface area contributed by atoms with Gasteiger partial charge in [0.1, 0.15) is 0 Å². The summed E-state index contributed by atoms with van der Waals surface area (Å²) in [4.78, 5) is 0. The van der Waals surface area contributed by atoms with E-state index in [9.17, 15) is 8.78 Å². The van der Waals surface area contributed by atoms with Gasteiger partial charge < -0.3 is 4.74 Å². The SMILES string of the molecule is C#CC1CCCC(OC(F)F)C1. The van der Waals surface area contributed by atoms with Crippen LogP contribution in [0, 0.1) is 18.3 Å². The Morgan fingerprint density at radius 1 is 1.42 bits per heavy atom. The molecular weight excluding hydrogens is 162 g/mol. The zero-order chi connectivity index (χ0) is 8.97. The van der Waals surface area contributed by atoms with Crippen LogP contribution >= 0.6 is 0 Å². The van der Waals surface area contributed by atoms with Crippen LogP contribution in [-0.4, -0.2) is 12.7 Å². The minimum absolute atomic E-state index is 0.127. The van der Waals surface area contributed by atoms with Crippen molar-refractivity contribution in [3.05, 3.63) is 0 Å². The highest BCUT2D eigenvalue weighted by molar-refractivity contribution is 4.95. The first-order valence-electron chi connectivity index (χ1n) is 4.12. The van der Waals surface area contributed by atoms with Crippen LogP contribution in [-0.2, 0) is 4.74 Å². The van der Waals surface area contributed by atoms with Crippen molar-refractivity contribution in [3.63, 3.8) is 0 Å². The summed E-state index contributed by atoms with van der Waals surface area (Å²) in [5, 5.41) is 0. The maximum atomic E-state index is 11.8. The normalized spacial score (nSPS) is 30.2. The molecule has 12 heavy (non-hydrogen) atoms. The molecule has 0 N–H and O–H groups in total. The number of halogens is 2. The number of terminal acetylenes is 1. The number of ether oxygens (including phenoxy) is 1. The summed E-state index contributed by atoms with van der Waals surface area (Å²) < 4.78 is 27.9. The average Bonchev–Trinajstić information content (AvgIpc) is 2.03. The second-order valence-corrected chi connectivity index (χ2v) is 3.05. The summed E-state index contributed by atoms with van der Waals surface area (Å²) in [6.45, 7) is -2.66. The molecule has 0 heterocycles. The molecule has 3 heteroatoms. The summed E-state index contributed by atoms with van der Waals surface area (Å²) >= 11 is 0. The van der Waals surface area contributed by atoms with E-state index < -0.39 is 6.61 Å². The Balaban J connectivity index is 2.32. The minimum atomic E-state index is -2.66. The highest BCUT2D eigenvalue weighted by Crippen LogP contribution is 2.26. The molecule has 0 aromatic rings. The second kappa shape index (κ2) is 4.42. The smallest absolute Gasteiger partial charge is 0.320 e. The van der Waals surface area contributed by atoms with Gasteiger partial charge in [-0.3, -0.25) is 0 Å². The lowest BCUT2D eigenvalue weighted by molar-refractivity contribution is -0.171. The molecule has 0 spiro atoms. The van der Waals surface area contributed by atoms with E-state index in [0.29, 0.717) is 12.8 Å². The van der Waals surface area contributed by atoms with Crippen molar-refractivity contribution in [2.24, 2.45) is 5.92 Å². The van der Waals surface area contributed by atoms with Gasteiger partial charge in [0.25, 0.3) is 0 Å². The molecule has 0 radical (unpaired) electrons. The summed E-state index contributed by atoms with van der Waals surface area (Å²) in [5.74, 6) is 2.71. The maximum Gasteiger partial charge on any atom is 0.345 e. The molecule has 2 unspecified atom stereocenters. The Kier molecular flexibility index (Phi) is 3.48. The fourth-order valence-corrected chi connectivity index (χ4v) is 1.57. The second-order valence-electron chi connectivity index (χ2n) is 3.05. The lowest BCUT2D eigenvalue weighted by Gasteiger charge is -2.25. The minimum Gasteiger partial charge on any atom is -0.320 e. The van der Waals surface area contributed by atoms with Crippen LogP contribution in [0.3, 0.4) is 0 Å². The van der Waals surface area contributed by atoms with Gasteiger partial charge in [-0.1, -0.05) is 0 Å². The molecule has 0 bridgehead atoms. The van der Waals surface area contributed by atoms with Crippen LogP contribution in [0.4, 0.5) is 8.78 Å². The van der Waals surface area contributed by atoms with Gasteiger partial charge in [0.05, 0.1) is 6.10 Å². The largest absolute Gasteiger partial charge is 0.345 e. The van der Waals surface area contributed by atoms with Crippen LogP contribution in [0.1, 0.15) is 25.7 Å². The summed E-state index contributed by atoms with van der Waals surface area (Å²) in [6, 6.07) is 0. The molecule has 0 aliphatic heterocycles. The van der Waals surface area contributed by atoms with E-state index in [4.69, 9.17) is 6.42 Å². The third kappa shape index (κ3) is 2.78. The first-order valence-corrected chi connectivity index (χ1v) is 4.12. The number of rotatable bonds is 2. The Labute approximate surface area is 71.1 Å². The van der Waals surface area contributed by atoms with Crippen molar-refractivity contribution in [1.29, 1.82) is 0 Å². The van der Waals surface area contributed by atoms with Crippen molar-refractivity contribution in [1.82, 2.24) is 0 Å². The topological polar surface area (TPSA) is 9.23 Å². The van der Waals surface area contributed by atoms with Crippen LogP contribution < -0.4 is 0 Å². The number of alkyl halides is 2. The van der Waals surface area contributed by atoms with Gasteiger partial charge in [0.2, 0.25) is 0 Å². The van der Waals surface area contributed by atoms with E-state index in [0.717, 1.165) is 12.8 Å². The van der Waals surface area contributed by atoms with Crippen molar-refractivity contribution in [2.75, 3.05) is 0 Å². The Bertz CT molecular complexity index is 174. The molecule has 0 aromatic carbocycles. The molecule has 0 amide bonds. The van der Waals surface area contributed by atoms with E-state index >= 15 is 0 Å². The Morgan fingerprint density at radius 2 is 2.17 bits per heavy atom. The standard InChI is InChI=1S/C9H12F2O/c1-2-7-4-3-5-8(6-7)12-9(10)11/h1,7-9H,3-6H2. The molecule has 1 aliphatic carbocycles. The predicted molar refractivity (Wildman–Crippen MR) is 41.7 cm³/mol. The first-order chi connectivity index (χ1) is 5.72. The van der Waals surface area contributed by atoms with E-state index in [1.807, 2.05) is 0 Å². The summed E-state index contributed by atoms with van der Waals surface area (Å²) in [7, 11) is 0. The molecule has 2 atom stereocenters. The lowest BCUT2D eigenvalue weighted by Crippen LogP contribution is -2.24. The van der Waals surface area contributed by atoms with Crippen LogP contribution in [0.5, 0.6) is 0 Å². The van der Waals surface area contributed by atoms with Crippen molar-refractivity contribution < 1.29 is 13.5 Å². The van der Waals surface area contributed by atoms with Gasteiger partial charge in [0.15, 0.2) is 0 Å². The highest BCUT2D eigenvalue weighted by Gasteiger charge is 2.23. The molecule has 1 aliphatic rings. The molecule has 68 valence electrons. The van der Waals surface area contributed by atoms with E-state index in [-0.39, 0.29) is 12.0 Å². The van der Waals surface area contributed by atoms with Gasteiger partial charge >= 0.3 is 6.61 Å². The number of hydrogen-bond acceptors (Lipinski definition) is 1. The molecular formula is C9H12F2O. The van der Waals surface area contributed by atoms with Gasteiger partial charge in [-0.05, 0) is 25.7 Å². The van der Waals surface area contributed by atoms with Crippen LogP contribution in [0.2, 0.25) is 0 Å². The Hall–Kier alpha value is -0.620. The zero-order valence-electron chi connectivity index (χ0n) is 6.80. The van der Waals surface area contributed by atoms with Crippen molar-refractivity contribution >= 4 is 0 Å². The molecule has 1 fully saturated rings. The number of hydrogen-bond donors (Lipinski definition) is 0. The fraction of sp³-hybridized carbons (Fsp3) is 0.778. The quantitative estimate of drug-likeness (QED) is 0.584. The monoisotopic (exact) mass is 174 g/mol. The molecule has 0 saturated heterocycles. The van der Waals surface area contributed by atoms with E-state index in [1.54, 1.807) is 0 Å². The van der Waals surface area contributed by atoms with Crippen molar-refractivity contribution in [3.8, 4) is 12.3 Å².